The van der Waals surface area contributed by atoms with Gasteiger partial charge in [0.15, 0.2) is 5.75 Å². The minimum absolute atomic E-state index is 0.0371. The Labute approximate surface area is 156 Å². The van der Waals surface area contributed by atoms with E-state index in [9.17, 15) is 35.1 Å². The zero-order chi connectivity index (χ0) is 20.6. The van der Waals surface area contributed by atoms with Crippen LogP contribution in [0.25, 0.3) is 11.0 Å². The fraction of sp³-hybridized carbons (Fsp3) is 0.412. The molecule has 28 heavy (non-hydrogen) atoms. The van der Waals surface area contributed by atoms with Crippen LogP contribution in [0, 0.1) is 0 Å². The Bertz CT molecular complexity index is 935. The maximum Gasteiger partial charge on any atom is 0.383 e. The highest BCUT2D eigenvalue weighted by molar-refractivity contribution is 5.86. The second-order valence-corrected chi connectivity index (χ2v) is 6.13. The van der Waals surface area contributed by atoms with Crippen LogP contribution >= 0.6 is 0 Å². The van der Waals surface area contributed by atoms with Crippen molar-refractivity contribution in [3.8, 4) is 17.2 Å². The largest absolute Gasteiger partial charge is 0.504 e. The van der Waals surface area contributed by atoms with Crippen LogP contribution in [0.5, 0.6) is 17.2 Å². The number of aliphatic hydroxyl groups is 4. The summed E-state index contributed by atoms with van der Waals surface area (Å²) in [7, 11) is 0. The molecule has 0 amide bonds. The lowest BCUT2D eigenvalue weighted by molar-refractivity contribution is -0.278. The van der Waals surface area contributed by atoms with Crippen LogP contribution in [-0.4, -0.2) is 68.8 Å². The van der Waals surface area contributed by atoms with Gasteiger partial charge in [0, 0.05) is 13.0 Å². The molecule has 1 saturated heterocycles. The van der Waals surface area contributed by atoms with Crippen molar-refractivity contribution in [2.75, 3.05) is 6.61 Å². The van der Waals surface area contributed by atoms with Gasteiger partial charge in [0.1, 0.15) is 35.7 Å². The summed E-state index contributed by atoms with van der Waals surface area (Å²) in [5.74, 6) is -1.85. The van der Waals surface area contributed by atoms with Crippen molar-refractivity contribution in [2.45, 2.75) is 37.6 Å². The van der Waals surface area contributed by atoms with E-state index in [2.05, 4.69) is 0 Å². The molecule has 1 aliphatic rings. The molecule has 11 nitrogen and oxygen atoms in total. The van der Waals surface area contributed by atoms with Gasteiger partial charge < -0.3 is 44.2 Å². The number of carbonyl (C=O) groups is 1. The Hall–Kier alpha value is -2.70. The van der Waals surface area contributed by atoms with Crippen molar-refractivity contribution in [2.24, 2.45) is 0 Å². The molecule has 11 heteroatoms. The van der Waals surface area contributed by atoms with Crippen LogP contribution in [-0.2, 0) is 9.53 Å². The number of ether oxygens (including phenoxy) is 3. The van der Waals surface area contributed by atoms with Gasteiger partial charge in [-0.2, -0.15) is 0 Å². The molecule has 5 N–H and O–H groups in total. The third kappa shape index (κ3) is 3.66. The predicted octanol–water partition coefficient (Wildman–Crippen LogP) is -1.40. The summed E-state index contributed by atoms with van der Waals surface area (Å²) < 4.78 is 20.2. The molecule has 0 bridgehead atoms. The molecule has 2 heterocycles. The van der Waals surface area contributed by atoms with E-state index < -0.39 is 60.4 Å². The maximum atomic E-state index is 12.2. The smallest absolute Gasteiger partial charge is 0.383 e. The van der Waals surface area contributed by atoms with Crippen LogP contribution in [0.15, 0.2) is 27.4 Å². The third-order valence-electron chi connectivity index (χ3n) is 4.16. The van der Waals surface area contributed by atoms with Gasteiger partial charge in [0.05, 0.1) is 12.0 Å². The topological polar surface area (TPSA) is 176 Å². The van der Waals surface area contributed by atoms with Gasteiger partial charge in [-0.15, -0.1) is 0 Å². The summed E-state index contributed by atoms with van der Waals surface area (Å²) >= 11 is 0. The molecule has 3 rings (SSSR count). The number of aromatic hydroxyl groups is 1. The fourth-order valence-corrected chi connectivity index (χ4v) is 2.76. The molecule has 0 saturated carbocycles. The lowest BCUT2D eigenvalue weighted by atomic mass is 9.99. The van der Waals surface area contributed by atoms with Gasteiger partial charge in [-0.1, -0.05) is 0 Å². The van der Waals surface area contributed by atoms with Crippen LogP contribution in [0.3, 0.4) is 0 Å². The minimum atomic E-state index is -1.78. The average Bonchev–Trinajstić information content (AvgIpc) is 2.64. The van der Waals surface area contributed by atoms with E-state index in [0.717, 1.165) is 0 Å². The normalized spacial score (nSPS) is 27.5. The van der Waals surface area contributed by atoms with Gasteiger partial charge >= 0.3 is 11.6 Å². The second kappa shape index (κ2) is 7.73. The van der Waals surface area contributed by atoms with Crippen molar-refractivity contribution in [1.29, 1.82) is 0 Å². The van der Waals surface area contributed by atoms with Crippen molar-refractivity contribution in [1.82, 2.24) is 0 Å². The first kappa shape index (κ1) is 20.0. The number of benzene rings is 1. The summed E-state index contributed by atoms with van der Waals surface area (Å²) in [4.78, 5) is 23.2. The van der Waals surface area contributed by atoms with Crippen LogP contribution in [0.4, 0.5) is 0 Å². The molecule has 0 radical (unpaired) electrons. The fourth-order valence-electron chi connectivity index (χ4n) is 2.76. The number of esters is 1. The number of carbonyl (C=O) groups excluding carboxylic acids is 1. The molecular formula is C17H18O11. The Morgan fingerprint density at radius 1 is 1.18 bits per heavy atom. The Morgan fingerprint density at radius 3 is 2.54 bits per heavy atom. The van der Waals surface area contributed by atoms with Gasteiger partial charge in [-0.05, 0) is 12.1 Å². The van der Waals surface area contributed by atoms with Crippen LogP contribution in [0.1, 0.15) is 6.92 Å². The van der Waals surface area contributed by atoms with Gasteiger partial charge in [0.2, 0.25) is 6.29 Å². The third-order valence-corrected chi connectivity index (χ3v) is 4.16. The Morgan fingerprint density at radius 2 is 1.89 bits per heavy atom. The molecule has 5 atom stereocenters. The van der Waals surface area contributed by atoms with Crippen molar-refractivity contribution in [3.63, 3.8) is 0 Å². The molecular weight excluding hydrogens is 380 g/mol. The zero-order valence-electron chi connectivity index (χ0n) is 14.5. The van der Waals surface area contributed by atoms with Gasteiger partial charge in [-0.3, -0.25) is 4.79 Å². The first-order valence-corrected chi connectivity index (χ1v) is 8.18. The monoisotopic (exact) mass is 398 g/mol. The molecule has 0 spiro atoms. The molecule has 1 aliphatic heterocycles. The molecule has 1 aromatic heterocycles. The average molecular weight is 398 g/mol. The molecule has 152 valence electrons. The molecule has 0 aliphatic carbocycles. The second-order valence-electron chi connectivity index (χ2n) is 6.13. The van der Waals surface area contributed by atoms with E-state index in [4.69, 9.17) is 18.6 Å². The highest BCUT2D eigenvalue weighted by Gasteiger charge is 2.45. The SMILES string of the molecule is CC(=O)Oc1ccc2c(O)c(O[C@H]3O[C@H](CO)[C@@H](O)[C@H](O)[C@@H]3O)c(=O)oc2c1. The van der Waals surface area contributed by atoms with Crippen molar-refractivity contribution in [3.05, 3.63) is 28.6 Å². The Kier molecular flexibility index (Phi) is 5.54. The number of hydrogen-bond acceptors (Lipinski definition) is 11. The quantitative estimate of drug-likeness (QED) is 0.233. The number of fused-ring (bicyclic) bond motifs is 1. The lowest BCUT2D eigenvalue weighted by Gasteiger charge is -2.39. The van der Waals surface area contributed by atoms with E-state index in [1.54, 1.807) is 0 Å². The zero-order valence-corrected chi connectivity index (χ0v) is 14.5. The number of rotatable bonds is 4. The van der Waals surface area contributed by atoms with E-state index in [1.807, 2.05) is 0 Å². The standard InChI is InChI=1S/C17H18O11/c1-6(19)25-7-2-3-8-9(4-7)26-16(24)15(11(8)20)28-17-14(23)13(22)12(21)10(5-18)27-17/h2-4,10,12-14,17-18,20-23H,5H2,1H3/t10-,12-,13+,14+,17-/m1/s1. The van der Waals surface area contributed by atoms with E-state index in [0.29, 0.717) is 0 Å². The highest BCUT2D eigenvalue weighted by Crippen LogP contribution is 2.35. The molecule has 0 unspecified atom stereocenters. The predicted molar refractivity (Wildman–Crippen MR) is 89.9 cm³/mol. The first-order valence-electron chi connectivity index (χ1n) is 8.18. The van der Waals surface area contributed by atoms with E-state index in [-0.39, 0.29) is 16.7 Å². The van der Waals surface area contributed by atoms with Crippen LogP contribution < -0.4 is 15.1 Å². The minimum Gasteiger partial charge on any atom is -0.504 e. The summed E-state index contributed by atoms with van der Waals surface area (Å²) in [6, 6.07) is 3.88. The van der Waals surface area contributed by atoms with Crippen molar-refractivity contribution < 1.29 is 49.0 Å². The summed E-state index contributed by atoms with van der Waals surface area (Å²) in [6.07, 6.45) is -8.05. The van der Waals surface area contributed by atoms with Gasteiger partial charge in [-0.25, -0.2) is 4.79 Å². The first-order chi connectivity index (χ1) is 13.2. The highest BCUT2D eigenvalue weighted by atomic mass is 16.7. The Balaban J connectivity index is 1.95. The van der Waals surface area contributed by atoms with E-state index in [1.165, 1.54) is 25.1 Å². The van der Waals surface area contributed by atoms with Crippen LogP contribution in [0.2, 0.25) is 0 Å². The van der Waals surface area contributed by atoms with Crippen molar-refractivity contribution >= 4 is 16.9 Å². The molecule has 1 fully saturated rings. The number of aliphatic hydroxyl groups excluding tert-OH is 4. The number of hydrogen-bond donors (Lipinski definition) is 5. The summed E-state index contributed by atoms with van der Waals surface area (Å²) in [5, 5.41) is 49.1. The molecule has 1 aromatic carbocycles. The summed E-state index contributed by atoms with van der Waals surface area (Å²) in [6.45, 7) is 0.497. The van der Waals surface area contributed by atoms with Gasteiger partial charge in [0.25, 0.3) is 5.75 Å². The lowest BCUT2D eigenvalue weighted by Crippen LogP contribution is -2.60. The maximum absolute atomic E-state index is 12.2. The molecule has 2 aromatic rings. The van der Waals surface area contributed by atoms with E-state index >= 15 is 0 Å². The summed E-state index contributed by atoms with van der Waals surface area (Å²) in [5.41, 5.74) is -1.23.